The summed E-state index contributed by atoms with van der Waals surface area (Å²) in [5.41, 5.74) is 2.59. The van der Waals surface area contributed by atoms with Gasteiger partial charge in [0, 0.05) is 18.3 Å². The molecular formula is C16H19N3O3. The molecular weight excluding hydrogens is 282 g/mol. The van der Waals surface area contributed by atoms with Crippen LogP contribution in [0.15, 0.2) is 30.5 Å². The van der Waals surface area contributed by atoms with E-state index in [-0.39, 0.29) is 23.9 Å². The second-order valence-electron chi connectivity index (χ2n) is 5.24. The highest BCUT2D eigenvalue weighted by Gasteiger charge is 2.17. The zero-order valence-electron chi connectivity index (χ0n) is 12.8. The molecule has 0 bridgehead atoms. The summed E-state index contributed by atoms with van der Waals surface area (Å²) in [7, 11) is 1.84. The van der Waals surface area contributed by atoms with Crippen LogP contribution in [0.2, 0.25) is 0 Å². The van der Waals surface area contributed by atoms with Crippen molar-refractivity contribution in [1.82, 2.24) is 15.1 Å². The average molecular weight is 301 g/mol. The number of carbonyl (C=O) groups excluding carboxylic acids is 1. The lowest BCUT2D eigenvalue weighted by molar-refractivity contribution is -0.121. The van der Waals surface area contributed by atoms with Gasteiger partial charge in [-0.15, -0.1) is 0 Å². The topological polar surface area (TPSA) is 84.2 Å². The molecule has 0 radical (unpaired) electrons. The normalized spacial score (nSPS) is 12.0. The van der Waals surface area contributed by atoms with E-state index >= 15 is 0 Å². The largest absolute Gasteiger partial charge is 0.478 e. The van der Waals surface area contributed by atoms with Gasteiger partial charge < -0.3 is 10.4 Å². The van der Waals surface area contributed by atoms with Crippen LogP contribution in [-0.4, -0.2) is 26.8 Å². The SMILES string of the molecule is Cc1c(C(C)NC(=O)Cc2ccccc2C(=O)O)cnn1C. The Hall–Kier alpha value is -2.63. The molecule has 22 heavy (non-hydrogen) atoms. The first-order valence-electron chi connectivity index (χ1n) is 6.99. The summed E-state index contributed by atoms with van der Waals surface area (Å²) in [6.07, 6.45) is 1.76. The maximum atomic E-state index is 12.2. The number of carboxylic acids is 1. The monoisotopic (exact) mass is 301 g/mol. The number of aryl methyl sites for hydroxylation is 1. The molecule has 0 aliphatic heterocycles. The molecule has 0 saturated heterocycles. The lowest BCUT2D eigenvalue weighted by Gasteiger charge is -2.14. The van der Waals surface area contributed by atoms with Gasteiger partial charge in [0.1, 0.15) is 0 Å². The van der Waals surface area contributed by atoms with E-state index in [4.69, 9.17) is 5.11 Å². The van der Waals surface area contributed by atoms with Crippen LogP contribution < -0.4 is 5.32 Å². The minimum Gasteiger partial charge on any atom is -0.478 e. The Morgan fingerprint density at radius 1 is 1.36 bits per heavy atom. The van der Waals surface area contributed by atoms with E-state index in [9.17, 15) is 9.59 Å². The predicted octanol–water partition coefficient (Wildman–Crippen LogP) is 1.85. The molecule has 0 fully saturated rings. The maximum absolute atomic E-state index is 12.2. The Bertz CT molecular complexity index is 706. The molecule has 6 heteroatoms. The van der Waals surface area contributed by atoms with Crippen molar-refractivity contribution in [3.05, 3.63) is 52.8 Å². The molecule has 0 saturated carbocycles. The Morgan fingerprint density at radius 2 is 2.05 bits per heavy atom. The van der Waals surface area contributed by atoms with Crippen molar-refractivity contribution in [1.29, 1.82) is 0 Å². The van der Waals surface area contributed by atoms with Gasteiger partial charge in [-0.05, 0) is 25.5 Å². The molecule has 1 aromatic carbocycles. The van der Waals surface area contributed by atoms with Crippen LogP contribution >= 0.6 is 0 Å². The molecule has 1 amide bonds. The fourth-order valence-electron chi connectivity index (χ4n) is 2.37. The second kappa shape index (κ2) is 6.43. The summed E-state index contributed by atoms with van der Waals surface area (Å²) in [6, 6.07) is 6.34. The van der Waals surface area contributed by atoms with E-state index in [2.05, 4.69) is 10.4 Å². The number of amides is 1. The van der Waals surface area contributed by atoms with Crippen LogP contribution in [0, 0.1) is 6.92 Å². The van der Waals surface area contributed by atoms with Crippen molar-refractivity contribution in [2.24, 2.45) is 7.05 Å². The molecule has 1 atom stereocenters. The third kappa shape index (κ3) is 3.33. The van der Waals surface area contributed by atoms with Gasteiger partial charge in [0.15, 0.2) is 0 Å². The van der Waals surface area contributed by atoms with Gasteiger partial charge in [-0.3, -0.25) is 9.48 Å². The number of nitrogens with zero attached hydrogens (tertiary/aromatic N) is 2. The summed E-state index contributed by atoms with van der Waals surface area (Å²) in [5, 5.41) is 16.2. The van der Waals surface area contributed by atoms with Crippen LogP contribution in [-0.2, 0) is 18.3 Å². The Kier molecular flexibility index (Phi) is 4.60. The molecule has 2 rings (SSSR count). The quantitative estimate of drug-likeness (QED) is 0.882. The van der Waals surface area contributed by atoms with Crippen molar-refractivity contribution in [2.45, 2.75) is 26.3 Å². The number of rotatable bonds is 5. The third-order valence-electron chi connectivity index (χ3n) is 3.72. The Labute approximate surface area is 128 Å². The molecule has 0 aliphatic rings. The molecule has 0 spiro atoms. The van der Waals surface area contributed by atoms with E-state index in [1.165, 1.54) is 6.07 Å². The maximum Gasteiger partial charge on any atom is 0.335 e. The first-order chi connectivity index (χ1) is 10.4. The van der Waals surface area contributed by atoms with Crippen molar-refractivity contribution in [3.63, 3.8) is 0 Å². The first kappa shape index (κ1) is 15.8. The van der Waals surface area contributed by atoms with Gasteiger partial charge in [-0.1, -0.05) is 18.2 Å². The second-order valence-corrected chi connectivity index (χ2v) is 5.24. The molecule has 1 unspecified atom stereocenters. The van der Waals surface area contributed by atoms with E-state index in [1.54, 1.807) is 29.1 Å². The molecule has 0 aliphatic carbocycles. The van der Waals surface area contributed by atoms with Gasteiger partial charge in [0.25, 0.3) is 0 Å². The molecule has 1 heterocycles. The summed E-state index contributed by atoms with van der Waals surface area (Å²) in [5.74, 6) is -1.25. The van der Waals surface area contributed by atoms with E-state index in [0.717, 1.165) is 11.3 Å². The average Bonchev–Trinajstić information content (AvgIpc) is 2.79. The summed E-state index contributed by atoms with van der Waals surface area (Å²) in [6.45, 7) is 3.82. The number of aromatic nitrogens is 2. The minimum atomic E-state index is -1.03. The van der Waals surface area contributed by atoms with Crippen molar-refractivity contribution in [3.8, 4) is 0 Å². The van der Waals surface area contributed by atoms with E-state index in [1.807, 2.05) is 20.9 Å². The number of hydrogen-bond acceptors (Lipinski definition) is 3. The van der Waals surface area contributed by atoms with Crippen molar-refractivity contribution in [2.75, 3.05) is 0 Å². The van der Waals surface area contributed by atoms with Gasteiger partial charge in [-0.2, -0.15) is 5.10 Å². The first-order valence-corrected chi connectivity index (χ1v) is 6.99. The van der Waals surface area contributed by atoms with Crippen molar-refractivity contribution < 1.29 is 14.7 Å². The number of benzene rings is 1. The Morgan fingerprint density at radius 3 is 2.64 bits per heavy atom. The van der Waals surface area contributed by atoms with E-state index in [0.29, 0.717) is 5.56 Å². The van der Waals surface area contributed by atoms with Crippen LogP contribution in [0.25, 0.3) is 0 Å². The molecule has 116 valence electrons. The number of nitrogens with one attached hydrogen (secondary N) is 1. The van der Waals surface area contributed by atoms with Gasteiger partial charge in [-0.25, -0.2) is 4.79 Å². The van der Waals surface area contributed by atoms with E-state index < -0.39 is 5.97 Å². The van der Waals surface area contributed by atoms with Crippen LogP contribution in [0.4, 0.5) is 0 Å². The summed E-state index contributed by atoms with van der Waals surface area (Å²) in [4.78, 5) is 23.3. The predicted molar refractivity (Wildman–Crippen MR) is 81.6 cm³/mol. The molecule has 6 nitrogen and oxygen atoms in total. The van der Waals surface area contributed by atoms with Crippen LogP contribution in [0.5, 0.6) is 0 Å². The van der Waals surface area contributed by atoms with Gasteiger partial charge in [0.05, 0.1) is 24.2 Å². The summed E-state index contributed by atoms with van der Waals surface area (Å²) < 4.78 is 1.75. The smallest absolute Gasteiger partial charge is 0.335 e. The number of carboxylic acid groups (broad SMARTS) is 1. The Balaban J connectivity index is 2.08. The lowest BCUT2D eigenvalue weighted by Crippen LogP contribution is -2.28. The van der Waals surface area contributed by atoms with Gasteiger partial charge in [0.2, 0.25) is 5.91 Å². The number of aromatic carboxylic acids is 1. The minimum absolute atomic E-state index is 0.0339. The highest BCUT2D eigenvalue weighted by Crippen LogP contribution is 2.16. The number of carbonyl (C=O) groups is 2. The third-order valence-corrected chi connectivity index (χ3v) is 3.72. The van der Waals surface area contributed by atoms with Crippen LogP contribution in [0.3, 0.4) is 0 Å². The van der Waals surface area contributed by atoms with Crippen molar-refractivity contribution >= 4 is 11.9 Å². The highest BCUT2D eigenvalue weighted by atomic mass is 16.4. The summed E-state index contributed by atoms with van der Waals surface area (Å²) >= 11 is 0. The fourth-order valence-corrected chi connectivity index (χ4v) is 2.37. The molecule has 2 aromatic rings. The number of hydrogen-bond donors (Lipinski definition) is 2. The molecule has 1 aromatic heterocycles. The molecule has 2 N–H and O–H groups in total. The fraction of sp³-hybridized carbons (Fsp3) is 0.312. The van der Waals surface area contributed by atoms with Gasteiger partial charge >= 0.3 is 5.97 Å². The standard InChI is InChI=1S/C16H19N3O3/c1-10(14-9-17-19(3)11(14)2)18-15(20)8-12-6-4-5-7-13(12)16(21)22/h4-7,9-10H,8H2,1-3H3,(H,18,20)(H,21,22). The lowest BCUT2D eigenvalue weighted by atomic mass is 10.0. The zero-order chi connectivity index (χ0) is 16.3. The zero-order valence-corrected chi connectivity index (χ0v) is 12.8. The highest BCUT2D eigenvalue weighted by molar-refractivity contribution is 5.91. The van der Waals surface area contributed by atoms with Crippen LogP contribution in [0.1, 0.15) is 40.1 Å².